The number of nitrogens with one attached hydrogen (secondary N) is 4. The lowest BCUT2D eigenvalue weighted by molar-refractivity contribution is -0.142. The second kappa shape index (κ2) is 39.0. The van der Waals surface area contributed by atoms with Gasteiger partial charge in [-0.1, -0.05) is 89.9 Å². The third kappa shape index (κ3) is 35.7. The first-order valence-electron chi connectivity index (χ1n) is 22.8. The molecule has 0 aliphatic rings. The van der Waals surface area contributed by atoms with Crippen molar-refractivity contribution in [2.75, 3.05) is 32.7 Å². The summed E-state index contributed by atoms with van der Waals surface area (Å²) in [4.78, 5) is 69.3. The number of amides is 4. The monoisotopic (exact) mass is 853 g/mol. The molecule has 18 nitrogen and oxygen atoms in total. The highest BCUT2D eigenvalue weighted by Crippen LogP contribution is 2.13. The summed E-state index contributed by atoms with van der Waals surface area (Å²) in [7, 11) is 0. The molecule has 0 aliphatic heterocycles. The number of carbonyl (C=O) groups is 5. The van der Waals surface area contributed by atoms with Crippen molar-refractivity contribution in [3.8, 4) is 0 Å². The lowest BCUT2D eigenvalue weighted by Gasteiger charge is -2.18. The van der Waals surface area contributed by atoms with E-state index < -0.39 is 24.1 Å². The van der Waals surface area contributed by atoms with E-state index >= 15 is 0 Å². The minimum Gasteiger partial charge on any atom is -0.480 e. The number of nitrogens with two attached hydrogens (primary N) is 6. The van der Waals surface area contributed by atoms with Gasteiger partial charge in [0, 0.05) is 39.0 Å². The van der Waals surface area contributed by atoms with Crippen molar-refractivity contribution in [1.29, 1.82) is 0 Å². The summed E-state index contributed by atoms with van der Waals surface area (Å²) in [5.74, 6) is -1.63. The van der Waals surface area contributed by atoms with Gasteiger partial charge in [-0.3, -0.25) is 29.2 Å². The third-order valence-corrected chi connectivity index (χ3v) is 10.2. The van der Waals surface area contributed by atoms with Gasteiger partial charge in [0.05, 0.1) is 6.04 Å². The molecule has 0 unspecified atom stereocenters. The summed E-state index contributed by atoms with van der Waals surface area (Å²) in [6.07, 6.45) is 22.9. The molecular formula is C42H84N12O6. The van der Waals surface area contributed by atoms with Gasteiger partial charge in [0.25, 0.3) is 0 Å². The minimum absolute atomic E-state index is 0.00164. The van der Waals surface area contributed by atoms with Crippen LogP contribution in [0.4, 0.5) is 0 Å². The molecule has 3 atom stereocenters. The quantitative estimate of drug-likeness (QED) is 0.0240. The van der Waals surface area contributed by atoms with Crippen LogP contribution in [0.1, 0.15) is 173 Å². The van der Waals surface area contributed by atoms with Gasteiger partial charge in [-0.2, -0.15) is 0 Å². The summed E-state index contributed by atoms with van der Waals surface area (Å²) >= 11 is 0. The normalized spacial score (nSPS) is 12.4. The molecule has 0 aromatic carbocycles. The van der Waals surface area contributed by atoms with Gasteiger partial charge in [-0.15, -0.1) is 0 Å². The third-order valence-electron chi connectivity index (χ3n) is 10.2. The first kappa shape index (κ1) is 55.8. The Kier molecular flexibility index (Phi) is 36.3. The van der Waals surface area contributed by atoms with E-state index in [9.17, 15) is 29.1 Å². The smallest absolute Gasteiger partial charge is 0.326 e. The second-order valence-corrected chi connectivity index (χ2v) is 15.8. The largest absolute Gasteiger partial charge is 0.480 e. The number of guanidine groups is 2. The Labute approximate surface area is 359 Å². The van der Waals surface area contributed by atoms with E-state index in [4.69, 9.17) is 34.4 Å². The maximum absolute atomic E-state index is 13.0. The highest BCUT2D eigenvalue weighted by Gasteiger charge is 2.21. The van der Waals surface area contributed by atoms with Gasteiger partial charge in [0.2, 0.25) is 23.6 Å². The number of carbonyl (C=O) groups excluding carboxylic acids is 4. The Morgan fingerprint density at radius 1 is 0.467 bits per heavy atom. The average Bonchev–Trinajstić information content (AvgIpc) is 3.20. The van der Waals surface area contributed by atoms with Crippen molar-refractivity contribution in [3.05, 3.63) is 0 Å². The first-order chi connectivity index (χ1) is 28.9. The van der Waals surface area contributed by atoms with E-state index in [2.05, 4.69) is 31.3 Å². The van der Waals surface area contributed by atoms with Gasteiger partial charge < -0.3 is 60.8 Å². The maximum atomic E-state index is 13.0. The number of rotatable bonds is 41. The van der Waals surface area contributed by atoms with Crippen LogP contribution in [-0.4, -0.2) is 97.5 Å². The average molecular weight is 853 g/mol. The van der Waals surface area contributed by atoms with Crippen molar-refractivity contribution in [1.82, 2.24) is 21.3 Å². The molecule has 0 saturated carbocycles. The van der Waals surface area contributed by atoms with Crippen LogP contribution in [0.15, 0.2) is 9.98 Å². The van der Waals surface area contributed by atoms with Crippen LogP contribution in [-0.2, 0) is 24.0 Å². The van der Waals surface area contributed by atoms with Crippen molar-refractivity contribution in [3.63, 3.8) is 0 Å². The molecule has 0 aromatic rings. The van der Waals surface area contributed by atoms with E-state index in [1.54, 1.807) is 0 Å². The molecule has 0 rings (SSSR count). The zero-order valence-corrected chi connectivity index (χ0v) is 36.7. The number of carboxylic acids is 1. The second-order valence-electron chi connectivity index (χ2n) is 15.8. The summed E-state index contributed by atoms with van der Waals surface area (Å²) in [6, 6.07) is -2.03. The molecule has 348 valence electrons. The lowest BCUT2D eigenvalue weighted by Crippen LogP contribution is -2.47. The van der Waals surface area contributed by atoms with Crippen LogP contribution >= 0.6 is 0 Å². The summed E-state index contributed by atoms with van der Waals surface area (Å²) < 4.78 is 0. The Morgan fingerprint density at radius 2 is 0.850 bits per heavy atom. The van der Waals surface area contributed by atoms with E-state index in [1.165, 1.54) is 0 Å². The van der Waals surface area contributed by atoms with Gasteiger partial charge in [-0.25, -0.2) is 4.79 Å². The highest BCUT2D eigenvalue weighted by atomic mass is 16.4. The number of nitrogens with zero attached hydrogens (tertiary/aromatic N) is 2. The van der Waals surface area contributed by atoms with Crippen molar-refractivity contribution >= 4 is 41.5 Å². The Bertz CT molecular complexity index is 1210. The summed E-state index contributed by atoms with van der Waals surface area (Å²) in [6.45, 7) is 2.52. The van der Waals surface area contributed by atoms with Crippen molar-refractivity contribution < 1.29 is 29.1 Å². The summed E-state index contributed by atoms with van der Waals surface area (Å²) in [5, 5.41) is 20.8. The maximum Gasteiger partial charge on any atom is 0.326 e. The molecule has 60 heavy (non-hydrogen) atoms. The summed E-state index contributed by atoms with van der Waals surface area (Å²) in [5.41, 5.74) is 32.9. The number of aliphatic carboxylic acids is 1. The van der Waals surface area contributed by atoms with Crippen molar-refractivity contribution in [2.24, 2.45) is 44.4 Å². The highest BCUT2D eigenvalue weighted by molar-refractivity contribution is 5.87. The van der Waals surface area contributed by atoms with E-state index in [0.29, 0.717) is 84.1 Å². The van der Waals surface area contributed by atoms with Crippen LogP contribution < -0.4 is 55.7 Å². The predicted octanol–water partition coefficient (Wildman–Crippen LogP) is 2.64. The van der Waals surface area contributed by atoms with Gasteiger partial charge in [-0.05, 0) is 77.2 Å². The number of aliphatic imine (C=N–C) groups is 2. The van der Waals surface area contributed by atoms with Crippen LogP contribution in [0.2, 0.25) is 0 Å². The molecule has 18 heteroatoms. The fourth-order valence-corrected chi connectivity index (χ4v) is 6.68. The molecule has 0 aliphatic carbocycles. The Balaban J connectivity index is 4.09. The van der Waals surface area contributed by atoms with Crippen molar-refractivity contribution in [2.45, 2.75) is 191 Å². The van der Waals surface area contributed by atoms with E-state index in [1.807, 2.05) is 0 Å². The van der Waals surface area contributed by atoms with E-state index in [0.717, 1.165) is 122 Å². The van der Waals surface area contributed by atoms with Gasteiger partial charge >= 0.3 is 5.97 Å². The predicted molar refractivity (Wildman–Crippen MR) is 241 cm³/mol. The number of unbranched alkanes of at least 4 members (excludes halogenated alkanes) is 17. The molecule has 0 bridgehead atoms. The molecule has 0 heterocycles. The molecule has 17 N–H and O–H groups in total. The van der Waals surface area contributed by atoms with Crippen LogP contribution in [0.25, 0.3) is 0 Å². The molecule has 0 saturated heterocycles. The zero-order valence-electron chi connectivity index (χ0n) is 36.7. The van der Waals surface area contributed by atoms with E-state index in [-0.39, 0.29) is 35.5 Å². The standard InChI is InChI=1S/C42H84N12O6/c43-28-18-17-24-35(40(59)60)54-37(56)27-16-12-8-4-2-6-10-14-20-30-50-39(58)34(25-22-32-52-42(47)48)53-36(55)26-15-11-7-3-1-5-9-13-19-29-49-38(57)33(44)23-21-31-51-41(45)46/h33-35H,1-32,43-44H2,(H,49,57)(H,50,58)(H,53,55)(H,54,56)(H,59,60)(H4,45,46,51)(H4,47,48,52)/t33-,34-,35-/m0/s1. The number of carboxylic acid groups (broad SMARTS) is 1. The first-order valence-corrected chi connectivity index (χ1v) is 22.8. The van der Waals surface area contributed by atoms with Crippen LogP contribution in [0.3, 0.4) is 0 Å². The van der Waals surface area contributed by atoms with Gasteiger partial charge in [0.15, 0.2) is 11.9 Å². The van der Waals surface area contributed by atoms with Crippen LogP contribution in [0, 0.1) is 0 Å². The molecule has 0 radical (unpaired) electrons. The molecule has 0 spiro atoms. The van der Waals surface area contributed by atoms with Crippen LogP contribution in [0.5, 0.6) is 0 Å². The lowest BCUT2D eigenvalue weighted by atomic mass is 10.1. The topological polar surface area (TPSA) is 335 Å². The Morgan fingerprint density at radius 3 is 1.28 bits per heavy atom. The fraction of sp³-hybridized carbons (Fsp3) is 0.833. The number of hydrogen-bond donors (Lipinski definition) is 11. The van der Waals surface area contributed by atoms with Gasteiger partial charge in [0.1, 0.15) is 12.1 Å². The molecule has 0 fully saturated rings. The fourth-order valence-electron chi connectivity index (χ4n) is 6.68. The number of hydrogen-bond acceptors (Lipinski definition) is 9. The zero-order chi connectivity index (χ0) is 44.6. The SMILES string of the molecule is NCCCC[C@H](NC(=O)CCCCCCCCCCCNC(=O)[C@H](CCCN=C(N)N)NC(=O)CCCCCCCCCCCNC(=O)[C@@H](N)CCCN=C(N)N)C(=O)O. The molecular weight excluding hydrogens is 769 g/mol. The Hall–Kier alpha value is -4.19. The minimum atomic E-state index is -1.00. The molecule has 0 aromatic heterocycles. The molecule has 4 amide bonds.